The zero-order valence-electron chi connectivity index (χ0n) is 16.9. The maximum Gasteiger partial charge on any atom is 0.163 e. The van der Waals surface area contributed by atoms with Gasteiger partial charge < -0.3 is 16.4 Å². The summed E-state index contributed by atoms with van der Waals surface area (Å²) in [5, 5.41) is 7.32. The van der Waals surface area contributed by atoms with Gasteiger partial charge >= 0.3 is 0 Å². The van der Waals surface area contributed by atoms with E-state index in [1.165, 1.54) is 6.92 Å². The van der Waals surface area contributed by atoms with E-state index in [9.17, 15) is 0 Å². The molecule has 3 rings (SSSR count). The monoisotopic (exact) mass is 380 g/mol. The number of fused-ring (bicyclic) bond motifs is 1. The van der Waals surface area contributed by atoms with Crippen molar-refractivity contribution in [2.75, 3.05) is 10.6 Å². The summed E-state index contributed by atoms with van der Waals surface area (Å²) in [4.78, 5) is 20.1. The molecule has 2 aromatic rings. The van der Waals surface area contributed by atoms with E-state index in [0.717, 1.165) is 30.6 Å². The average Bonchev–Trinajstić information content (AvgIpc) is 2.69. The lowest BCUT2D eigenvalue weighted by molar-refractivity contribution is 0.515. The van der Waals surface area contributed by atoms with Crippen LogP contribution in [0, 0.1) is 11.3 Å². The Morgan fingerprint density at radius 3 is 2.46 bits per heavy atom. The van der Waals surface area contributed by atoms with E-state index in [4.69, 9.17) is 21.7 Å². The van der Waals surface area contributed by atoms with Crippen molar-refractivity contribution in [3.8, 4) is 17.5 Å². The van der Waals surface area contributed by atoms with E-state index in [2.05, 4.69) is 40.6 Å². The highest BCUT2D eigenvalue weighted by Crippen LogP contribution is 2.37. The molecule has 0 amide bonds. The quantitative estimate of drug-likeness (QED) is 0.812. The minimum atomic E-state index is 0.0509. The Labute approximate surface area is 166 Å². The van der Waals surface area contributed by atoms with E-state index in [1.807, 2.05) is 6.07 Å². The molecule has 1 aliphatic rings. The third kappa shape index (κ3) is 4.19. The molecule has 0 radical (unpaired) electrons. The van der Waals surface area contributed by atoms with Crippen LogP contribution in [0.5, 0.6) is 0 Å². The van der Waals surface area contributed by atoms with Gasteiger partial charge in [0, 0.05) is 24.7 Å². The normalized spacial score (nSPS) is 15.2. The number of amidine groups is 1. The third-order valence-electron chi connectivity index (χ3n) is 4.74. The Balaban J connectivity index is 0.000000878. The van der Waals surface area contributed by atoms with Crippen molar-refractivity contribution in [2.24, 2.45) is 10.7 Å². The van der Waals surface area contributed by atoms with Gasteiger partial charge in [0.25, 0.3) is 0 Å². The Hall–Kier alpha value is -3.21. The molecule has 28 heavy (non-hydrogen) atoms. The number of nitrogens with two attached hydrogens (primary N) is 2. The lowest BCUT2D eigenvalue weighted by atomic mass is 10.0. The summed E-state index contributed by atoms with van der Waals surface area (Å²) in [6, 6.07) is 3.97. The number of nitrogen functional groups attached to an aromatic ring is 1. The second-order valence-electron chi connectivity index (χ2n) is 6.43. The summed E-state index contributed by atoms with van der Waals surface area (Å²) in [5.41, 5.74) is 14.3. The van der Waals surface area contributed by atoms with Crippen LogP contribution in [0.4, 0.5) is 17.2 Å². The second kappa shape index (κ2) is 9.65. The summed E-state index contributed by atoms with van der Waals surface area (Å²) in [6.45, 7) is 7.92. The molecule has 148 valence electrons. The van der Waals surface area contributed by atoms with Crippen molar-refractivity contribution < 1.29 is 0 Å². The van der Waals surface area contributed by atoms with Gasteiger partial charge in [0.05, 0.1) is 30.2 Å². The van der Waals surface area contributed by atoms with Crippen molar-refractivity contribution >= 4 is 23.0 Å². The number of aromatic nitrogens is 3. The van der Waals surface area contributed by atoms with Gasteiger partial charge in [0.2, 0.25) is 0 Å². The molecule has 0 fully saturated rings. The van der Waals surface area contributed by atoms with Gasteiger partial charge in [0.15, 0.2) is 11.6 Å². The first kappa shape index (κ1) is 21.1. The molecule has 1 aliphatic heterocycles. The number of hydrogen-bond acceptors (Lipinski definition) is 8. The summed E-state index contributed by atoms with van der Waals surface area (Å²) in [7, 11) is 0. The largest absolute Gasteiger partial charge is 0.397 e. The molecule has 0 aromatic carbocycles. The van der Waals surface area contributed by atoms with Gasteiger partial charge in [-0.1, -0.05) is 20.8 Å². The van der Waals surface area contributed by atoms with Gasteiger partial charge in [-0.05, 0) is 25.3 Å². The van der Waals surface area contributed by atoms with Crippen LogP contribution in [-0.2, 0) is 0 Å². The van der Waals surface area contributed by atoms with Crippen molar-refractivity contribution in [1.82, 2.24) is 15.0 Å². The molecule has 3 heterocycles. The average molecular weight is 381 g/mol. The van der Waals surface area contributed by atoms with Crippen LogP contribution in [0.15, 0.2) is 29.6 Å². The number of anilines is 2. The fourth-order valence-electron chi connectivity index (χ4n) is 3.39. The zero-order valence-corrected chi connectivity index (χ0v) is 16.9. The van der Waals surface area contributed by atoms with Gasteiger partial charge in [0.1, 0.15) is 11.5 Å². The first-order valence-electron chi connectivity index (χ1n) is 9.52. The number of hydrogen-bond donors (Lipinski definition) is 2. The molecule has 0 bridgehead atoms. The number of pyridine rings is 1. The molecule has 0 aliphatic carbocycles. The molecule has 0 spiro atoms. The highest BCUT2D eigenvalue weighted by Gasteiger charge is 2.33. The molecule has 4 N–H and O–H groups in total. The van der Waals surface area contributed by atoms with Crippen LogP contribution in [0.3, 0.4) is 0 Å². The van der Waals surface area contributed by atoms with E-state index in [0.29, 0.717) is 29.1 Å². The fraction of sp³-hybridized carbons (Fsp3) is 0.450. The van der Waals surface area contributed by atoms with Crippen LogP contribution in [-0.4, -0.2) is 32.9 Å². The van der Waals surface area contributed by atoms with Crippen LogP contribution in [0.1, 0.15) is 47.0 Å². The van der Waals surface area contributed by atoms with Gasteiger partial charge in [-0.2, -0.15) is 5.26 Å². The van der Waals surface area contributed by atoms with Gasteiger partial charge in [-0.25, -0.2) is 15.0 Å². The molecule has 0 saturated carbocycles. The maximum absolute atomic E-state index is 7.32. The van der Waals surface area contributed by atoms with Crippen LogP contribution in [0.2, 0.25) is 0 Å². The van der Waals surface area contributed by atoms with Crippen molar-refractivity contribution in [1.29, 1.82) is 5.26 Å². The summed E-state index contributed by atoms with van der Waals surface area (Å²) < 4.78 is 0. The number of rotatable bonds is 5. The van der Waals surface area contributed by atoms with E-state index in [1.54, 1.807) is 24.7 Å². The summed E-state index contributed by atoms with van der Waals surface area (Å²) in [5.74, 6) is 2.04. The lowest BCUT2D eigenvalue weighted by Crippen LogP contribution is -2.51. The number of nitrogens with zero attached hydrogens (tertiary/aromatic N) is 6. The highest BCUT2D eigenvalue weighted by molar-refractivity contribution is 5.95. The highest BCUT2D eigenvalue weighted by atomic mass is 15.3. The smallest absolute Gasteiger partial charge is 0.163 e. The molecular formula is C20H28N8. The van der Waals surface area contributed by atoms with Crippen molar-refractivity contribution in [3.05, 3.63) is 24.7 Å². The van der Waals surface area contributed by atoms with E-state index < -0.39 is 0 Å². The third-order valence-corrected chi connectivity index (χ3v) is 4.74. The minimum absolute atomic E-state index is 0.0509. The molecule has 0 unspecified atom stereocenters. The predicted octanol–water partition coefficient (Wildman–Crippen LogP) is 3.43. The Kier molecular flexibility index (Phi) is 7.27. The summed E-state index contributed by atoms with van der Waals surface area (Å²) >= 11 is 0. The Bertz CT molecular complexity index is 867. The van der Waals surface area contributed by atoms with Crippen molar-refractivity contribution in [2.45, 2.75) is 59.0 Å². The van der Waals surface area contributed by atoms with Crippen LogP contribution in [0.25, 0.3) is 11.4 Å². The maximum atomic E-state index is 7.32. The zero-order chi connectivity index (χ0) is 20.7. The van der Waals surface area contributed by atoms with E-state index >= 15 is 0 Å². The predicted molar refractivity (Wildman–Crippen MR) is 113 cm³/mol. The lowest BCUT2D eigenvalue weighted by Gasteiger charge is -2.40. The Morgan fingerprint density at radius 1 is 1.21 bits per heavy atom. The second-order valence-corrected chi connectivity index (χ2v) is 6.43. The SMILES string of the molecule is CC#N.CCC(CC)N1c2nc(-c3ccncc3N)ncc2N=C(N)[C@H]1CC. The molecular weight excluding hydrogens is 352 g/mol. The molecule has 2 aromatic heterocycles. The first-order valence-corrected chi connectivity index (χ1v) is 9.52. The molecule has 8 heteroatoms. The number of nitriles is 1. The van der Waals surface area contributed by atoms with Crippen LogP contribution >= 0.6 is 0 Å². The fourth-order valence-corrected chi connectivity index (χ4v) is 3.39. The van der Waals surface area contributed by atoms with Gasteiger partial charge in [-0.3, -0.25) is 4.98 Å². The standard InChI is InChI=1S/C18H25N7.C2H3N/c1-4-11(5-2)25-15(6-3)16(20)23-14-10-22-17(24-18(14)25)12-7-8-21-9-13(12)19;1-2-3/h7-11,15H,4-6,19H2,1-3H3,(H2,20,23);1H3/t15-;/m1./s1. The topological polar surface area (TPSA) is 130 Å². The molecule has 0 saturated heterocycles. The Morgan fingerprint density at radius 2 is 1.89 bits per heavy atom. The minimum Gasteiger partial charge on any atom is -0.397 e. The van der Waals surface area contributed by atoms with Crippen molar-refractivity contribution in [3.63, 3.8) is 0 Å². The molecule has 8 nitrogen and oxygen atoms in total. The number of aliphatic imine (C=N–C) groups is 1. The molecule has 1 atom stereocenters. The van der Waals surface area contributed by atoms with Gasteiger partial charge in [-0.15, -0.1) is 0 Å². The first-order chi connectivity index (χ1) is 13.5. The van der Waals surface area contributed by atoms with Crippen LogP contribution < -0.4 is 16.4 Å². The summed E-state index contributed by atoms with van der Waals surface area (Å²) in [6.07, 6.45) is 7.93. The van der Waals surface area contributed by atoms with E-state index in [-0.39, 0.29) is 6.04 Å².